The van der Waals surface area contributed by atoms with E-state index in [0.717, 1.165) is 37.3 Å². The average molecular weight is 520 g/mol. The van der Waals surface area contributed by atoms with Gasteiger partial charge in [-0.1, -0.05) is 102 Å². The lowest BCUT2D eigenvalue weighted by atomic mass is 9.97. The van der Waals surface area contributed by atoms with Crippen LogP contribution in [0.4, 0.5) is 0 Å². The summed E-state index contributed by atoms with van der Waals surface area (Å²) in [6, 6.07) is 25.4. The first-order valence-electron chi connectivity index (χ1n) is 10.3. The smallest absolute Gasteiger partial charge is 0.164 e. The van der Waals surface area contributed by atoms with E-state index >= 15 is 0 Å². The van der Waals surface area contributed by atoms with Crippen molar-refractivity contribution >= 4 is 66.6 Å². The van der Waals surface area contributed by atoms with Crippen molar-refractivity contribution < 1.29 is 0 Å². The van der Waals surface area contributed by atoms with Gasteiger partial charge in [0.25, 0.3) is 0 Å². The third kappa shape index (κ3) is 3.53. The number of fused-ring (bicyclic) bond motifs is 3. The van der Waals surface area contributed by atoms with Crippen LogP contribution in [0.25, 0.3) is 54.2 Å². The molecular weight excluding hydrogens is 507 g/mol. The van der Waals surface area contributed by atoms with Crippen LogP contribution >= 0.6 is 46.1 Å². The highest BCUT2D eigenvalue weighted by molar-refractivity contribution is 7.26. The molecule has 6 rings (SSSR count). The maximum atomic E-state index is 6.67. The summed E-state index contributed by atoms with van der Waals surface area (Å²) in [5, 5.41) is 11.3. The van der Waals surface area contributed by atoms with Gasteiger partial charge in [-0.05, 0) is 17.7 Å². The van der Waals surface area contributed by atoms with Gasteiger partial charge >= 0.3 is 0 Å². The molecule has 0 aliphatic heterocycles. The van der Waals surface area contributed by atoms with Crippen molar-refractivity contribution in [2.45, 2.75) is 0 Å². The molecule has 0 N–H and O–H groups in total. The van der Waals surface area contributed by atoms with E-state index in [9.17, 15) is 0 Å². The second-order valence-corrected chi connectivity index (χ2v) is 9.72. The van der Waals surface area contributed by atoms with Crippen molar-refractivity contribution in [3.8, 4) is 33.8 Å². The summed E-state index contributed by atoms with van der Waals surface area (Å²) in [5.41, 5.74) is 4.91. The Bertz CT molecular complexity index is 1670. The molecule has 0 saturated heterocycles. The van der Waals surface area contributed by atoms with Crippen molar-refractivity contribution in [2.24, 2.45) is 0 Å². The predicted octanol–water partition coefficient (Wildman–Crippen LogP) is 8.60. The lowest BCUT2D eigenvalue weighted by molar-refractivity contribution is 1.09. The molecule has 0 aliphatic carbocycles. The molecule has 4 nitrogen and oxygen atoms in total. The third-order valence-electron chi connectivity index (χ3n) is 5.50. The molecule has 0 atom stereocenters. The second kappa shape index (κ2) is 8.60. The van der Waals surface area contributed by atoms with E-state index in [4.69, 9.17) is 39.8 Å². The first kappa shape index (κ1) is 21.4. The monoisotopic (exact) mass is 518 g/mol. The molecule has 6 aromatic rings. The Morgan fingerprint density at radius 3 is 1.94 bits per heavy atom. The van der Waals surface area contributed by atoms with Gasteiger partial charge in [0.2, 0.25) is 0 Å². The van der Waals surface area contributed by atoms with Gasteiger partial charge in [0.1, 0.15) is 10.5 Å². The van der Waals surface area contributed by atoms with Gasteiger partial charge in [0.05, 0.1) is 25.8 Å². The van der Waals surface area contributed by atoms with E-state index in [1.54, 1.807) is 18.2 Å². The van der Waals surface area contributed by atoms with Gasteiger partial charge in [-0.25, -0.2) is 9.97 Å². The molecule has 0 radical (unpaired) electrons. The van der Waals surface area contributed by atoms with Crippen LogP contribution in [0.3, 0.4) is 0 Å². The molecule has 0 bridgehead atoms. The number of aromatic nitrogens is 4. The van der Waals surface area contributed by atoms with E-state index in [2.05, 4.69) is 27.3 Å². The van der Waals surface area contributed by atoms with Crippen molar-refractivity contribution in [3.63, 3.8) is 0 Å². The van der Waals surface area contributed by atoms with Crippen LogP contribution in [-0.4, -0.2) is 20.2 Å². The first-order chi connectivity index (χ1) is 16.6. The highest BCUT2D eigenvalue weighted by Gasteiger charge is 2.23. The maximum absolute atomic E-state index is 6.67. The third-order valence-corrected chi connectivity index (χ3v) is 7.58. The normalized spacial score (nSPS) is 11.4. The summed E-state index contributed by atoms with van der Waals surface area (Å²) in [7, 11) is 0. The van der Waals surface area contributed by atoms with Gasteiger partial charge in [0.15, 0.2) is 11.0 Å². The molecule has 0 unspecified atom stereocenters. The molecule has 3 aromatic carbocycles. The highest BCUT2D eigenvalue weighted by atomic mass is 35.5. The van der Waals surface area contributed by atoms with Crippen LogP contribution in [0.5, 0.6) is 0 Å². The Hall–Kier alpha value is -3.09. The van der Waals surface area contributed by atoms with Gasteiger partial charge in [-0.2, -0.15) is 0 Å². The fourth-order valence-electron chi connectivity index (χ4n) is 4.00. The maximum Gasteiger partial charge on any atom is 0.164 e. The Morgan fingerprint density at radius 2 is 1.26 bits per heavy atom. The molecule has 34 heavy (non-hydrogen) atoms. The Kier molecular flexibility index (Phi) is 5.42. The molecule has 0 aliphatic rings. The largest absolute Gasteiger partial charge is 0.226 e. The number of hydrogen-bond acceptors (Lipinski definition) is 5. The van der Waals surface area contributed by atoms with Crippen molar-refractivity contribution in [1.29, 1.82) is 0 Å². The average Bonchev–Trinajstić information content (AvgIpc) is 3.24. The number of nitrogens with zero attached hydrogens (tertiary/aromatic N) is 4. The van der Waals surface area contributed by atoms with E-state index in [1.165, 1.54) is 11.3 Å². The molecule has 0 spiro atoms. The number of benzene rings is 3. The van der Waals surface area contributed by atoms with Crippen LogP contribution in [0.15, 0.2) is 78.9 Å². The molecule has 0 fully saturated rings. The number of thiophene rings is 1. The van der Waals surface area contributed by atoms with Crippen LogP contribution in [0.1, 0.15) is 0 Å². The molecule has 3 aromatic heterocycles. The summed E-state index contributed by atoms with van der Waals surface area (Å²) in [4.78, 5) is 10.2. The van der Waals surface area contributed by atoms with Gasteiger partial charge < -0.3 is 0 Å². The quantitative estimate of drug-likeness (QED) is 0.220. The van der Waals surface area contributed by atoms with Crippen LogP contribution < -0.4 is 0 Å². The van der Waals surface area contributed by atoms with E-state index in [-0.39, 0.29) is 0 Å². The van der Waals surface area contributed by atoms with E-state index < -0.39 is 0 Å². The topological polar surface area (TPSA) is 51.6 Å². The highest BCUT2D eigenvalue weighted by Crippen LogP contribution is 2.44. The zero-order valence-corrected chi connectivity index (χ0v) is 20.4. The van der Waals surface area contributed by atoms with Crippen molar-refractivity contribution in [1.82, 2.24) is 20.2 Å². The number of halogens is 3. The fourth-order valence-corrected chi connectivity index (χ4v) is 5.80. The van der Waals surface area contributed by atoms with Gasteiger partial charge in [-0.15, -0.1) is 21.5 Å². The fraction of sp³-hybridized carbons (Fsp3) is 0. The lowest BCUT2D eigenvalue weighted by Crippen LogP contribution is -1.95. The summed E-state index contributed by atoms with van der Waals surface area (Å²) < 4.78 is 0.736. The van der Waals surface area contributed by atoms with E-state index in [0.29, 0.717) is 32.1 Å². The summed E-state index contributed by atoms with van der Waals surface area (Å²) in [6.45, 7) is 0. The molecular formula is C26H13Cl3N4S. The minimum absolute atomic E-state index is 0.319. The Labute approximate surface area is 213 Å². The van der Waals surface area contributed by atoms with Gasteiger partial charge in [-0.3, -0.25) is 0 Å². The zero-order chi connectivity index (χ0) is 23.2. The molecule has 8 heteroatoms. The molecule has 3 heterocycles. The minimum Gasteiger partial charge on any atom is -0.226 e. The standard InChI is InChI=1S/C26H13Cl3N4S/c27-16-12-7-13-17(28)19(16)25-30-22-20-18(14-8-3-1-4-9-14)21(15-10-5-2-6-11-15)32-33-26(20)34-23(22)24(29)31-25/h1-13H. The number of rotatable bonds is 3. The van der Waals surface area contributed by atoms with Crippen molar-refractivity contribution in [2.75, 3.05) is 0 Å². The molecule has 164 valence electrons. The van der Waals surface area contributed by atoms with Crippen molar-refractivity contribution in [3.05, 3.63) is 94.1 Å². The lowest BCUT2D eigenvalue weighted by Gasteiger charge is -2.11. The Balaban J connectivity index is 1.76. The molecule has 0 amide bonds. The SMILES string of the molecule is Clc1cccc(Cl)c1-c1nc(Cl)c2sc3nnc(-c4ccccc4)c(-c4ccccc4)c3c2n1. The Morgan fingerprint density at radius 1 is 0.618 bits per heavy atom. The van der Waals surface area contributed by atoms with Crippen LogP contribution in [0, 0.1) is 0 Å². The first-order valence-corrected chi connectivity index (χ1v) is 12.3. The second-order valence-electron chi connectivity index (χ2n) is 7.55. The van der Waals surface area contributed by atoms with Crippen LogP contribution in [0.2, 0.25) is 15.2 Å². The summed E-state index contributed by atoms with van der Waals surface area (Å²) in [5.74, 6) is 0.366. The van der Waals surface area contributed by atoms with Gasteiger partial charge in [0, 0.05) is 16.5 Å². The zero-order valence-electron chi connectivity index (χ0n) is 17.3. The summed E-state index contributed by atoms with van der Waals surface area (Å²) >= 11 is 21.0. The minimum atomic E-state index is 0.319. The molecule has 0 saturated carbocycles. The van der Waals surface area contributed by atoms with E-state index in [1.807, 2.05) is 48.5 Å². The number of hydrogen-bond donors (Lipinski definition) is 0. The van der Waals surface area contributed by atoms with Crippen LogP contribution in [-0.2, 0) is 0 Å². The predicted molar refractivity (Wildman–Crippen MR) is 142 cm³/mol. The summed E-state index contributed by atoms with van der Waals surface area (Å²) in [6.07, 6.45) is 0.